The minimum atomic E-state index is 0.669. The normalized spacial score (nSPS) is 10.2. The van der Waals surface area contributed by atoms with Crippen LogP contribution in [0.5, 0.6) is 5.75 Å². The molecule has 0 aliphatic rings. The molecule has 1 aromatic carbocycles. The lowest BCUT2D eigenvalue weighted by Gasteiger charge is -2.06. The summed E-state index contributed by atoms with van der Waals surface area (Å²) in [6, 6.07) is 14.2. The fourth-order valence-corrected chi connectivity index (χ4v) is 1.64. The van der Waals surface area contributed by atoms with Crippen molar-refractivity contribution < 1.29 is 4.74 Å². The van der Waals surface area contributed by atoms with Gasteiger partial charge in [0.05, 0.1) is 6.61 Å². The molecule has 2 nitrogen and oxygen atoms in total. The van der Waals surface area contributed by atoms with E-state index in [1.165, 1.54) is 5.56 Å². The third-order valence-electron chi connectivity index (χ3n) is 2.68. The highest BCUT2D eigenvalue weighted by atomic mass is 16.5. The summed E-state index contributed by atoms with van der Waals surface area (Å²) >= 11 is 0. The van der Waals surface area contributed by atoms with Gasteiger partial charge in [-0.3, -0.25) is 4.98 Å². The topological polar surface area (TPSA) is 22.1 Å². The van der Waals surface area contributed by atoms with Crippen LogP contribution in [0.3, 0.4) is 0 Å². The Balaban J connectivity index is 1.82. The van der Waals surface area contributed by atoms with Crippen molar-refractivity contribution in [2.24, 2.45) is 0 Å². The Morgan fingerprint density at radius 1 is 1.06 bits per heavy atom. The minimum Gasteiger partial charge on any atom is -0.493 e. The van der Waals surface area contributed by atoms with Gasteiger partial charge in [0, 0.05) is 18.3 Å². The Morgan fingerprint density at radius 2 is 1.88 bits per heavy atom. The van der Waals surface area contributed by atoms with Crippen molar-refractivity contribution >= 4 is 0 Å². The number of ether oxygens (including phenoxy) is 1. The maximum absolute atomic E-state index is 5.67. The zero-order valence-corrected chi connectivity index (χ0v) is 10.1. The summed E-state index contributed by atoms with van der Waals surface area (Å²) in [6.07, 6.45) is 3.72. The summed E-state index contributed by atoms with van der Waals surface area (Å²) in [6.45, 7) is 2.82. The van der Waals surface area contributed by atoms with Crippen LogP contribution < -0.4 is 4.74 Å². The van der Waals surface area contributed by atoms with Gasteiger partial charge in [-0.15, -0.1) is 0 Å². The molecule has 0 saturated heterocycles. The Hall–Kier alpha value is -1.83. The average Bonchev–Trinajstić information content (AvgIpc) is 2.41. The Labute approximate surface area is 102 Å². The summed E-state index contributed by atoms with van der Waals surface area (Å²) in [5, 5.41) is 0. The molecule has 1 heterocycles. The number of nitrogens with zero attached hydrogens (tertiary/aromatic N) is 1. The van der Waals surface area contributed by atoms with Crippen LogP contribution in [0.1, 0.15) is 18.2 Å². The quantitative estimate of drug-likeness (QED) is 0.782. The lowest BCUT2D eigenvalue weighted by atomic mass is 10.2. The molecule has 2 aromatic rings. The number of hydrogen-bond acceptors (Lipinski definition) is 2. The van der Waals surface area contributed by atoms with Crippen molar-refractivity contribution in [2.45, 2.75) is 19.8 Å². The van der Waals surface area contributed by atoms with Crippen LogP contribution in [-0.4, -0.2) is 11.6 Å². The van der Waals surface area contributed by atoms with Crippen molar-refractivity contribution in [3.63, 3.8) is 0 Å². The Morgan fingerprint density at radius 3 is 2.53 bits per heavy atom. The first-order valence-electron chi connectivity index (χ1n) is 6.00. The molecule has 0 bridgehead atoms. The lowest BCUT2D eigenvalue weighted by molar-refractivity contribution is 0.320. The van der Waals surface area contributed by atoms with E-state index in [0.29, 0.717) is 6.61 Å². The van der Waals surface area contributed by atoms with Crippen LogP contribution in [0.15, 0.2) is 48.7 Å². The molecule has 0 N–H and O–H groups in total. The number of aromatic nitrogens is 1. The van der Waals surface area contributed by atoms with Gasteiger partial charge in [-0.1, -0.05) is 25.1 Å². The van der Waals surface area contributed by atoms with Gasteiger partial charge >= 0.3 is 0 Å². The summed E-state index contributed by atoms with van der Waals surface area (Å²) in [5.74, 6) is 0.929. The van der Waals surface area contributed by atoms with E-state index in [2.05, 4.69) is 24.0 Å². The molecular formula is C15H17NO. The third kappa shape index (κ3) is 3.59. The second kappa shape index (κ2) is 6.04. The zero-order chi connectivity index (χ0) is 11.9. The van der Waals surface area contributed by atoms with E-state index in [4.69, 9.17) is 4.74 Å². The fraction of sp³-hybridized carbons (Fsp3) is 0.267. The maximum atomic E-state index is 5.67. The molecule has 0 unspecified atom stereocenters. The summed E-state index contributed by atoms with van der Waals surface area (Å²) in [7, 11) is 0. The zero-order valence-electron chi connectivity index (χ0n) is 10.1. The number of rotatable bonds is 5. The van der Waals surface area contributed by atoms with E-state index >= 15 is 0 Å². The second-order valence-corrected chi connectivity index (χ2v) is 3.92. The van der Waals surface area contributed by atoms with E-state index in [1.807, 2.05) is 36.5 Å². The monoisotopic (exact) mass is 227 g/mol. The molecule has 17 heavy (non-hydrogen) atoms. The Kier molecular flexibility index (Phi) is 4.14. The number of aryl methyl sites for hydroxylation is 1. The number of pyridine rings is 1. The highest BCUT2D eigenvalue weighted by molar-refractivity contribution is 5.27. The smallest absolute Gasteiger partial charge is 0.119 e. The van der Waals surface area contributed by atoms with Crippen LogP contribution in [0.4, 0.5) is 0 Å². The molecule has 2 rings (SSSR count). The van der Waals surface area contributed by atoms with Crippen molar-refractivity contribution in [1.82, 2.24) is 4.98 Å². The van der Waals surface area contributed by atoms with Crippen LogP contribution in [0.2, 0.25) is 0 Å². The van der Waals surface area contributed by atoms with Crippen molar-refractivity contribution in [2.75, 3.05) is 6.61 Å². The van der Waals surface area contributed by atoms with Crippen molar-refractivity contribution in [3.05, 3.63) is 59.9 Å². The molecule has 1 aromatic heterocycles. The minimum absolute atomic E-state index is 0.669. The van der Waals surface area contributed by atoms with Crippen LogP contribution >= 0.6 is 0 Å². The molecule has 0 fully saturated rings. The van der Waals surface area contributed by atoms with E-state index < -0.39 is 0 Å². The molecule has 0 spiro atoms. The fourth-order valence-electron chi connectivity index (χ4n) is 1.64. The van der Waals surface area contributed by atoms with Crippen LogP contribution in [-0.2, 0) is 12.8 Å². The first-order valence-corrected chi connectivity index (χ1v) is 6.00. The first-order chi connectivity index (χ1) is 8.38. The van der Waals surface area contributed by atoms with Crippen LogP contribution in [0.25, 0.3) is 0 Å². The third-order valence-corrected chi connectivity index (χ3v) is 2.68. The highest BCUT2D eigenvalue weighted by Gasteiger charge is 1.96. The molecule has 2 heteroatoms. The predicted octanol–water partition coefficient (Wildman–Crippen LogP) is 3.27. The number of benzene rings is 1. The van der Waals surface area contributed by atoms with Crippen LogP contribution in [0, 0.1) is 0 Å². The van der Waals surface area contributed by atoms with Gasteiger partial charge in [0.15, 0.2) is 0 Å². The summed E-state index contributed by atoms with van der Waals surface area (Å²) < 4.78 is 5.67. The van der Waals surface area contributed by atoms with Gasteiger partial charge in [0.25, 0.3) is 0 Å². The molecule has 0 aliphatic carbocycles. The van der Waals surface area contributed by atoms with Gasteiger partial charge in [0.2, 0.25) is 0 Å². The van der Waals surface area contributed by atoms with Gasteiger partial charge in [-0.2, -0.15) is 0 Å². The molecule has 0 atom stereocenters. The lowest BCUT2D eigenvalue weighted by Crippen LogP contribution is -2.02. The highest BCUT2D eigenvalue weighted by Crippen LogP contribution is 2.12. The molecule has 0 amide bonds. The number of hydrogen-bond donors (Lipinski definition) is 0. The largest absolute Gasteiger partial charge is 0.493 e. The maximum Gasteiger partial charge on any atom is 0.119 e. The molecule has 0 radical (unpaired) electrons. The van der Waals surface area contributed by atoms with E-state index in [0.717, 1.165) is 24.3 Å². The second-order valence-electron chi connectivity index (χ2n) is 3.92. The van der Waals surface area contributed by atoms with Gasteiger partial charge < -0.3 is 4.74 Å². The summed E-state index contributed by atoms with van der Waals surface area (Å²) in [5.41, 5.74) is 2.40. The van der Waals surface area contributed by atoms with Crippen molar-refractivity contribution in [3.8, 4) is 5.75 Å². The first kappa shape index (κ1) is 11.6. The molecular weight excluding hydrogens is 210 g/mol. The summed E-state index contributed by atoms with van der Waals surface area (Å²) in [4.78, 5) is 4.26. The van der Waals surface area contributed by atoms with Crippen molar-refractivity contribution in [1.29, 1.82) is 0 Å². The predicted molar refractivity (Wildman–Crippen MR) is 69.3 cm³/mol. The molecule has 0 saturated carbocycles. The van der Waals surface area contributed by atoms with Gasteiger partial charge in [-0.25, -0.2) is 0 Å². The molecule has 0 aliphatic heterocycles. The SMILES string of the molecule is CCc1ccc(OCCc2ccccn2)cc1. The molecule has 88 valence electrons. The Bertz CT molecular complexity index is 436. The van der Waals surface area contributed by atoms with E-state index in [9.17, 15) is 0 Å². The van der Waals surface area contributed by atoms with Gasteiger partial charge in [-0.05, 0) is 36.2 Å². The van der Waals surface area contributed by atoms with Gasteiger partial charge in [0.1, 0.15) is 5.75 Å². The van der Waals surface area contributed by atoms with E-state index in [-0.39, 0.29) is 0 Å². The average molecular weight is 227 g/mol. The standard InChI is InChI=1S/C15H17NO/c1-2-13-6-8-15(9-7-13)17-12-10-14-5-3-4-11-16-14/h3-9,11H,2,10,12H2,1H3. The van der Waals surface area contributed by atoms with E-state index in [1.54, 1.807) is 0 Å².